The van der Waals surface area contributed by atoms with Crippen LogP contribution in [0.2, 0.25) is 0 Å². The van der Waals surface area contributed by atoms with Gasteiger partial charge in [-0.3, -0.25) is 0 Å². The molecule has 0 aliphatic heterocycles. The van der Waals surface area contributed by atoms with Crippen molar-refractivity contribution in [1.82, 2.24) is 0 Å². The van der Waals surface area contributed by atoms with Crippen LogP contribution in [0, 0.1) is 0 Å². The quantitative estimate of drug-likeness (QED) is 0.514. The Bertz CT molecular complexity index is 220. The fraction of sp³-hybridized carbons (Fsp3) is 0.600. The molecule has 0 aromatic carbocycles. The first-order valence-corrected chi connectivity index (χ1v) is 4.76. The fourth-order valence-corrected chi connectivity index (χ4v) is 1.09. The lowest BCUT2D eigenvalue weighted by Gasteiger charge is -2.09. The summed E-state index contributed by atoms with van der Waals surface area (Å²) >= 11 is 0. The van der Waals surface area contributed by atoms with Crippen LogP contribution in [0.25, 0.3) is 0 Å². The van der Waals surface area contributed by atoms with Crippen molar-refractivity contribution in [2.75, 3.05) is 6.61 Å². The molecule has 0 spiro atoms. The van der Waals surface area contributed by atoms with Gasteiger partial charge in [0.2, 0.25) is 0 Å². The molecule has 0 aliphatic rings. The third kappa shape index (κ3) is 4.41. The zero-order chi connectivity index (χ0) is 10.2. The number of hydrogen-bond acceptors (Lipinski definition) is 4. The number of ether oxygens (including phenoxy) is 1. The minimum Gasteiger partial charge on any atom is -0.467 e. The van der Waals surface area contributed by atoms with Gasteiger partial charge in [0, 0.05) is 6.61 Å². The lowest BCUT2D eigenvalue weighted by atomic mass is 10.2. The predicted molar refractivity (Wildman–Crippen MR) is 50.4 cm³/mol. The largest absolute Gasteiger partial charge is 0.467 e. The van der Waals surface area contributed by atoms with Gasteiger partial charge in [0.15, 0.2) is 6.29 Å². The van der Waals surface area contributed by atoms with Gasteiger partial charge < -0.3 is 19.4 Å². The van der Waals surface area contributed by atoms with Crippen molar-refractivity contribution in [2.24, 2.45) is 0 Å². The average Bonchev–Trinajstić information content (AvgIpc) is 2.68. The topological polar surface area (TPSA) is 62.8 Å². The second-order valence-electron chi connectivity index (χ2n) is 3.06. The zero-order valence-corrected chi connectivity index (χ0v) is 8.06. The molecule has 4 heteroatoms. The van der Waals surface area contributed by atoms with Crippen molar-refractivity contribution in [3.8, 4) is 0 Å². The third-order valence-electron chi connectivity index (χ3n) is 1.86. The molecule has 0 amide bonds. The van der Waals surface area contributed by atoms with E-state index in [1.807, 2.05) is 0 Å². The van der Waals surface area contributed by atoms with Crippen molar-refractivity contribution in [2.45, 2.75) is 32.2 Å². The number of unbranched alkanes of at least 4 members (excludes halogenated alkanes) is 1. The molecule has 1 heterocycles. The fourth-order valence-electron chi connectivity index (χ4n) is 1.09. The van der Waals surface area contributed by atoms with E-state index in [4.69, 9.17) is 14.3 Å². The van der Waals surface area contributed by atoms with Gasteiger partial charge in [-0.15, -0.1) is 0 Å². The molecule has 1 aromatic rings. The molecule has 1 rings (SSSR count). The highest BCUT2D eigenvalue weighted by atomic mass is 16.6. The molecule has 0 bridgehead atoms. The Labute approximate surface area is 83.1 Å². The molecule has 1 unspecified atom stereocenters. The Hall–Kier alpha value is -0.840. The van der Waals surface area contributed by atoms with Crippen molar-refractivity contribution >= 4 is 0 Å². The molecule has 0 aliphatic carbocycles. The number of aliphatic hydroxyl groups excluding tert-OH is 2. The minimum absolute atomic E-state index is 0.158. The number of furan rings is 1. The maximum atomic E-state index is 9.33. The van der Waals surface area contributed by atoms with E-state index in [2.05, 4.69) is 0 Å². The Balaban J connectivity index is 2.06. The second-order valence-corrected chi connectivity index (χ2v) is 3.06. The Morgan fingerprint density at radius 1 is 1.43 bits per heavy atom. The van der Waals surface area contributed by atoms with Crippen LogP contribution in [0.4, 0.5) is 0 Å². The summed E-state index contributed by atoms with van der Waals surface area (Å²) in [7, 11) is 0. The second kappa shape index (κ2) is 6.59. The molecular weight excluding hydrogens is 184 g/mol. The first kappa shape index (κ1) is 11.2. The van der Waals surface area contributed by atoms with Crippen molar-refractivity contribution in [3.63, 3.8) is 0 Å². The summed E-state index contributed by atoms with van der Waals surface area (Å²) < 4.78 is 10.1. The predicted octanol–water partition coefficient (Wildman–Crippen LogP) is 1.28. The minimum atomic E-state index is -0.772. The molecule has 14 heavy (non-hydrogen) atoms. The van der Waals surface area contributed by atoms with E-state index in [1.165, 1.54) is 0 Å². The van der Waals surface area contributed by atoms with E-state index < -0.39 is 6.29 Å². The molecule has 0 saturated heterocycles. The van der Waals surface area contributed by atoms with E-state index in [0.717, 1.165) is 6.42 Å². The van der Waals surface area contributed by atoms with Gasteiger partial charge in [-0.05, 0) is 31.4 Å². The highest BCUT2D eigenvalue weighted by Crippen LogP contribution is 2.07. The maximum Gasteiger partial charge on any atom is 0.155 e. The standard InChI is InChI=1S/C10H16O4/c11-6-2-1-5-10(12)14-8-9-4-3-7-13-9/h3-4,7,10-12H,1-2,5-6,8H2. The lowest BCUT2D eigenvalue weighted by Crippen LogP contribution is -2.11. The van der Waals surface area contributed by atoms with E-state index in [9.17, 15) is 5.11 Å². The normalized spacial score (nSPS) is 13.0. The van der Waals surface area contributed by atoms with Crippen LogP contribution < -0.4 is 0 Å². The molecule has 1 aromatic heterocycles. The summed E-state index contributed by atoms with van der Waals surface area (Å²) in [4.78, 5) is 0. The summed E-state index contributed by atoms with van der Waals surface area (Å²) in [6.07, 6.45) is 2.79. The lowest BCUT2D eigenvalue weighted by molar-refractivity contribution is -0.116. The van der Waals surface area contributed by atoms with Crippen molar-refractivity contribution in [1.29, 1.82) is 0 Å². The summed E-state index contributed by atoms with van der Waals surface area (Å²) in [5.41, 5.74) is 0. The van der Waals surface area contributed by atoms with Crippen molar-refractivity contribution < 1.29 is 19.4 Å². The van der Waals surface area contributed by atoms with Gasteiger partial charge in [0.1, 0.15) is 12.4 Å². The number of hydrogen-bond donors (Lipinski definition) is 2. The van der Waals surface area contributed by atoms with Crippen LogP contribution in [0.1, 0.15) is 25.0 Å². The third-order valence-corrected chi connectivity index (χ3v) is 1.86. The molecule has 0 radical (unpaired) electrons. The highest BCUT2D eigenvalue weighted by Gasteiger charge is 2.04. The number of rotatable bonds is 7. The van der Waals surface area contributed by atoms with E-state index >= 15 is 0 Å². The maximum absolute atomic E-state index is 9.33. The van der Waals surface area contributed by atoms with Crippen molar-refractivity contribution in [3.05, 3.63) is 24.2 Å². The first-order valence-electron chi connectivity index (χ1n) is 4.76. The molecule has 0 fully saturated rings. The van der Waals surface area contributed by atoms with Gasteiger partial charge in [0.25, 0.3) is 0 Å². The van der Waals surface area contributed by atoms with E-state index in [-0.39, 0.29) is 13.2 Å². The van der Waals surface area contributed by atoms with Crippen LogP contribution in [0.15, 0.2) is 22.8 Å². The van der Waals surface area contributed by atoms with Gasteiger partial charge in [-0.1, -0.05) is 0 Å². The molecule has 1 atom stereocenters. The van der Waals surface area contributed by atoms with Gasteiger partial charge in [0.05, 0.1) is 6.26 Å². The zero-order valence-electron chi connectivity index (χ0n) is 8.06. The van der Waals surface area contributed by atoms with Crippen LogP contribution in [0.5, 0.6) is 0 Å². The van der Waals surface area contributed by atoms with Crippen LogP contribution in [-0.4, -0.2) is 23.1 Å². The van der Waals surface area contributed by atoms with E-state index in [1.54, 1.807) is 18.4 Å². The average molecular weight is 200 g/mol. The summed E-state index contributed by atoms with van der Waals surface area (Å²) in [5.74, 6) is 0.700. The number of aliphatic hydroxyl groups is 2. The van der Waals surface area contributed by atoms with Crippen LogP contribution in [-0.2, 0) is 11.3 Å². The van der Waals surface area contributed by atoms with Gasteiger partial charge >= 0.3 is 0 Å². The SMILES string of the molecule is OCCCCC(O)OCc1ccco1. The van der Waals surface area contributed by atoms with Gasteiger partial charge in [-0.25, -0.2) is 0 Å². The molecule has 4 nitrogen and oxygen atoms in total. The first-order chi connectivity index (χ1) is 6.83. The summed E-state index contributed by atoms with van der Waals surface area (Å²) in [6.45, 7) is 0.443. The summed E-state index contributed by atoms with van der Waals surface area (Å²) in [6, 6.07) is 3.57. The van der Waals surface area contributed by atoms with Gasteiger partial charge in [-0.2, -0.15) is 0 Å². The highest BCUT2D eigenvalue weighted by molar-refractivity contribution is 4.96. The Kier molecular flexibility index (Phi) is 5.29. The molecular formula is C10H16O4. The van der Waals surface area contributed by atoms with Crippen LogP contribution >= 0.6 is 0 Å². The summed E-state index contributed by atoms with van der Waals surface area (Å²) in [5, 5.41) is 17.9. The molecule has 2 N–H and O–H groups in total. The molecule has 0 saturated carbocycles. The van der Waals surface area contributed by atoms with Crippen LogP contribution in [0.3, 0.4) is 0 Å². The molecule has 80 valence electrons. The Morgan fingerprint density at radius 3 is 2.93 bits per heavy atom. The smallest absolute Gasteiger partial charge is 0.155 e. The van der Waals surface area contributed by atoms with E-state index in [0.29, 0.717) is 18.6 Å². The monoisotopic (exact) mass is 200 g/mol. The Morgan fingerprint density at radius 2 is 2.29 bits per heavy atom.